The first-order chi connectivity index (χ1) is 16.0. The molecule has 3 aromatic rings. The fraction of sp³-hybridized carbons (Fsp3) is 0.280. The van der Waals surface area contributed by atoms with Crippen LogP contribution in [0.5, 0.6) is 0 Å². The minimum Gasteiger partial charge on any atom is -0.387 e. The van der Waals surface area contributed by atoms with E-state index in [2.05, 4.69) is 33.0 Å². The number of thiophene rings is 1. The molecule has 1 atom stereocenters. The molecule has 3 amide bonds. The normalized spacial score (nSPS) is 18.1. The van der Waals surface area contributed by atoms with Gasteiger partial charge < -0.3 is 21.1 Å². The van der Waals surface area contributed by atoms with E-state index in [1.54, 1.807) is 35.6 Å². The van der Waals surface area contributed by atoms with Crippen LogP contribution in [0.1, 0.15) is 27.2 Å². The summed E-state index contributed by atoms with van der Waals surface area (Å²) >= 11 is 1.58. The SMILES string of the molecule is O=C(NCC1(O)CCN(Cc2ccccc2)C1)Nc1cccc(C(=O)NCc2cccs2)c1. The minimum atomic E-state index is -0.963. The average Bonchev–Trinajstić information content (AvgIpc) is 3.47. The molecular formula is C25H28N4O3S. The van der Waals surface area contributed by atoms with Gasteiger partial charge in [-0.2, -0.15) is 0 Å². The number of carbonyl (C=O) groups excluding carboxylic acids is 2. The number of anilines is 1. The van der Waals surface area contributed by atoms with Crippen molar-refractivity contribution in [1.82, 2.24) is 15.5 Å². The lowest BCUT2D eigenvalue weighted by molar-refractivity contribution is 0.0511. The lowest BCUT2D eigenvalue weighted by Gasteiger charge is -2.24. The predicted octanol–water partition coefficient (Wildman–Crippen LogP) is 3.44. The third-order valence-electron chi connectivity index (χ3n) is 5.62. The highest BCUT2D eigenvalue weighted by atomic mass is 32.1. The lowest BCUT2D eigenvalue weighted by atomic mass is 10.0. The van der Waals surface area contributed by atoms with Crippen LogP contribution >= 0.6 is 11.3 Å². The van der Waals surface area contributed by atoms with Crippen LogP contribution in [0.4, 0.5) is 10.5 Å². The zero-order chi connectivity index (χ0) is 23.1. The maximum absolute atomic E-state index is 12.4. The van der Waals surface area contributed by atoms with E-state index in [4.69, 9.17) is 0 Å². The van der Waals surface area contributed by atoms with Crippen molar-refractivity contribution in [3.63, 3.8) is 0 Å². The summed E-state index contributed by atoms with van der Waals surface area (Å²) in [5.41, 5.74) is 1.22. The molecule has 1 aliphatic heterocycles. The first kappa shape index (κ1) is 23.0. The number of rotatable bonds is 8. The van der Waals surface area contributed by atoms with Crippen LogP contribution < -0.4 is 16.0 Å². The Balaban J connectivity index is 1.24. The van der Waals surface area contributed by atoms with E-state index in [0.717, 1.165) is 18.0 Å². The third-order valence-corrected chi connectivity index (χ3v) is 6.50. The zero-order valence-corrected chi connectivity index (χ0v) is 19.1. The van der Waals surface area contributed by atoms with Gasteiger partial charge in [-0.05, 0) is 41.6 Å². The van der Waals surface area contributed by atoms with Gasteiger partial charge in [-0.25, -0.2) is 4.79 Å². The Kier molecular flexibility index (Phi) is 7.39. The van der Waals surface area contributed by atoms with Crippen LogP contribution in [0.15, 0.2) is 72.1 Å². The fourth-order valence-electron chi connectivity index (χ4n) is 3.90. The van der Waals surface area contributed by atoms with Crippen molar-refractivity contribution in [1.29, 1.82) is 0 Å². The summed E-state index contributed by atoms with van der Waals surface area (Å²) in [5.74, 6) is -0.203. The summed E-state index contributed by atoms with van der Waals surface area (Å²) < 4.78 is 0. The Bertz CT molecular complexity index is 1070. The topological polar surface area (TPSA) is 93.7 Å². The van der Waals surface area contributed by atoms with Crippen LogP contribution in [0, 0.1) is 0 Å². The molecule has 1 aromatic heterocycles. The minimum absolute atomic E-state index is 0.158. The second-order valence-corrected chi connectivity index (χ2v) is 9.35. The highest BCUT2D eigenvalue weighted by molar-refractivity contribution is 7.09. The van der Waals surface area contributed by atoms with Crippen molar-refractivity contribution in [2.75, 3.05) is 25.0 Å². The molecule has 4 rings (SSSR count). The molecule has 4 N–H and O–H groups in total. The van der Waals surface area contributed by atoms with Gasteiger partial charge in [0.15, 0.2) is 0 Å². The van der Waals surface area contributed by atoms with Gasteiger partial charge in [-0.1, -0.05) is 42.5 Å². The molecule has 8 heteroatoms. The number of hydrogen-bond donors (Lipinski definition) is 4. The largest absolute Gasteiger partial charge is 0.387 e. The number of β-amino-alcohol motifs (C(OH)–C–C–N with tert-alkyl or cyclic N) is 1. The maximum atomic E-state index is 12.4. The molecule has 1 saturated heterocycles. The van der Waals surface area contributed by atoms with Gasteiger partial charge in [0.25, 0.3) is 5.91 Å². The van der Waals surface area contributed by atoms with Gasteiger partial charge in [0, 0.05) is 42.3 Å². The van der Waals surface area contributed by atoms with E-state index in [1.807, 2.05) is 35.7 Å². The van der Waals surface area contributed by atoms with E-state index in [9.17, 15) is 14.7 Å². The molecule has 0 aliphatic carbocycles. The van der Waals surface area contributed by atoms with E-state index < -0.39 is 11.6 Å². The predicted molar refractivity (Wildman–Crippen MR) is 130 cm³/mol. The smallest absolute Gasteiger partial charge is 0.319 e. The van der Waals surface area contributed by atoms with Crippen molar-refractivity contribution >= 4 is 29.0 Å². The Hall–Kier alpha value is -3.20. The number of likely N-dealkylation sites (tertiary alicyclic amines) is 1. The number of benzene rings is 2. The van der Waals surface area contributed by atoms with Gasteiger partial charge in [0.05, 0.1) is 12.1 Å². The third kappa shape index (κ3) is 6.64. The first-order valence-electron chi connectivity index (χ1n) is 10.9. The molecule has 1 unspecified atom stereocenters. The monoisotopic (exact) mass is 464 g/mol. The molecule has 2 heterocycles. The number of carbonyl (C=O) groups is 2. The van der Waals surface area contributed by atoms with Gasteiger partial charge in [0.2, 0.25) is 0 Å². The van der Waals surface area contributed by atoms with E-state index >= 15 is 0 Å². The lowest BCUT2D eigenvalue weighted by Crippen LogP contribution is -2.46. The maximum Gasteiger partial charge on any atom is 0.319 e. The Morgan fingerprint density at radius 1 is 1.03 bits per heavy atom. The second-order valence-electron chi connectivity index (χ2n) is 8.32. The van der Waals surface area contributed by atoms with E-state index in [-0.39, 0.29) is 12.5 Å². The first-order valence-corrected chi connectivity index (χ1v) is 11.8. The van der Waals surface area contributed by atoms with Crippen molar-refractivity contribution in [2.24, 2.45) is 0 Å². The summed E-state index contributed by atoms with van der Waals surface area (Å²) in [7, 11) is 0. The van der Waals surface area contributed by atoms with Crippen molar-refractivity contribution < 1.29 is 14.7 Å². The molecule has 0 saturated carbocycles. The van der Waals surface area contributed by atoms with Crippen LogP contribution in [-0.2, 0) is 13.1 Å². The molecule has 2 aromatic carbocycles. The zero-order valence-electron chi connectivity index (χ0n) is 18.3. The summed E-state index contributed by atoms with van der Waals surface area (Å²) in [6.07, 6.45) is 0.597. The molecule has 172 valence electrons. The molecule has 0 bridgehead atoms. The van der Waals surface area contributed by atoms with Gasteiger partial charge in [-0.3, -0.25) is 9.69 Å². The Labute approximate surface area is 197 Å². The van der Waals surface area contributed by atoms with Gasteiger partial charge in [0.1, 0.15) is 0 Å². The highest BCUT2D eigenvalue weighted by Crippen LogP contribution is 2.22. The molecule has 33 heavy (non-hydrogen) atoms. The van der Waals surface area contributed by atoms with Crippen LogP contribution in [0.25, 0.3) is 0 Å². The Morgan fingerprint density at radius 2 is 1.88 bits per heavy atom. The van der Waals surface area contributed by atoms with Crippen LogP contribution in [0.2, 0.25) is 0 Å². The van der Waals surface area contributed by atoms with Gasteiger partial charge in [-0.15, -0.1) is 11.3 Å². The number of nitrogens with one attached hydrogen (secondary N) is 3. The van der Waals surface area contributed by atoms with Crippen molar-refractivity contribution in [3.8, 4) is 0 Å². The standard InChI is InChI=1S/C25H28N4O3S/c30-23(26-15-22-10-5-13-33-22)20-8-4-9-21(14-20)28-24(31)27-17-25(32)11-12-29(18-25)16-19-6-2-1-3-7-19/h1-10,13-14,32H,11-12,15-18H2,(H,26,30)(H2,27,28,31). The number of hydrogen-bond acceptors (Lipinski definition) is 5. The van der Waals surface area contributed by atoms with E-state index in [1.165, 1.54) is 5.56 Å². The molecule has 7 nitrogen and oxygen atoms in total. The number of urea groups is 1. The average molecular weight is 465 g/mol. The number of aliphatic hydroxyl groups is 1. The van der Waals surface area contributed by atoms with Crippen molar-refractivity contribution in [2.45, 2.75) is 25.1 Å². The van der Waals surface area contributed by atoms with Crippen molar-refractivity contribution in [3.05, 3.63) is 88.1 Å². The molecule has 0 radical (unpaired) electrons. The number of amides is 3. The van der Waals surface area contributed by atoms with Crippen LogP contribution in [0.3, 0.4) is 0 Å². The van der Waals surface area contributed by atoms with E-state index in [0.29, 0.717) is 30.8 Å². The molecular weight excluding hydrogens is 436 g/mol. The number of nitrogens with zero attached hydrogens (tertiary/aromatic N) is 1. The Morgan fingerprint density at radius 3 is 2.67 bits per heavy atom. The summed E-state index contributed by atoms with van der Waals surface area (Å²) in [6.45, 7) is 2.68. The summed E-state index contributed by atoms with van der Waals surface area (Å²) in [5, 5.41) is 21.2. The molecule has 1 aliphatic rings. The molecule has 1 fully saturated rings. The molecule has 0 spiro atoms. The van der Waals surface area contributed by atoms with Gasteiger partial charge >= 0.3 is 6.03 Å². The summed E-state index contributed by atoms with van der Waals surface area (Å²) in [6, 6.07) is 20.4. The highest BCUT2D eigenvalue weighted by Gasteiger charge is 2.36. The quantitative estimate of drug-likeness (QED) is 0.411. The second kappa shape index (κ2) is 10.6. The summed E-state index contributed by atoms with van der Waals surface area (Å²) in [4.78, 5) is 28.1. The van der Waals surface area contributed by atoms with Crippen LogP contribution in [-0.4, -0.2) is 47.2 Å². The fourth-order valence-corrected chi connectivity index (χ4v) is 4.55.